The Morgan fingerprint density at radius 3 is 2.60 bits per heavy atom. The number of Topliss-reactive ketones (excluding diaryl/α,β-unsaturated/α-hetero) is 1. The second-order valence-corrected chi connectivity index (χ2v) is 6.93. The fraction of sp³-hybridized carbons (Fsp3) is 0.583. The second kappa shape index (κ2) is 3.42. The molecular weight excluding hydrogens is 272 g/mol. The molecule has 2 aliphatic carbocycles. The summed E-state index contributed by atoms with van der Waals surface area (Å²) in [4.78, 5) is 14.4. The molecule has 1 aromatic heterocycles. The number of thiophene rings is 1. The lowest BCUT2D eigenvalue weighted by Crippen LogP contribution is -2.11. The number of halogens is 1. The van der Waals surface area contributed by atoms with Crippen LogP contribution in [0, 0.1) is 24.7 Å². The van der Waals surface area contributed by atoms with E-state index < -0.39 is 0 Å². The van der Waals surface area contributed by atoms with E-state index in [1.807, 2.05) is 6.07 Å². The summed E-state index contributed by atoms with van der Waals surface area (Å²) in [5.74, 6) is 2.48. The van der Waals surface area contributed by atoms with Gasteiger partial charge in [0.2, 0.25) is 0 Å². The predicted octanol–water partition coefficient (Wildman–Crippen LogP) is 4.05. The van der Waals surface area contributed by atoms with Crippen LogP contribution in [-0.4, -0.2) is 5.78 Å². The first kappa shape index (κ1) is 10.0. The van der Waals surface area contributed by atoms with Crippen LogP contribution < -0.4 is 0 Å². The van der Waals surface area contributed by atoms with Crippen LogP contribution in [0.4, 0.5) is 0 Å². The molecule has 15 heavy (non-hydrogen) atoms. The van der Waals surface area contributed by atoms with Gasteiger partial charge < -0.3 is 0 Å². The Bertz CT molecular complexity index is 413. The standard InChI is InChI=1S/C12H13BrOS/c1-6-2-10(13)12(15-6)11(14)9-4-7-3-8(7)5-9/h2,7-9H,3-5H2,1H3. The molecule has 2 fully saturated rings. The number of rotatable bonds is 2. The first-order chi connectivity index (χ1) is 7.15. The molecule has 2 atom stereocenters. The maximum Gasteiger partial charge on any atom is 0.177 e. The summed E-state index contributed by atoms with van der Waals surface area (Å²) in [5, 5.41) is 0. The molecule has 80 valence electrons. The van der Waals surface area contributed by atoms with Gasteiger partial charge in [-0.1, -0.05) is 0 Å². The molecule has 3 heteroatoms. The van der Waals surface area contributed by atoms with Crippen molar-refractivity contribution in [2.45, 2.75) is 26.2 Å². The van der Waals surface area contributed by atoms with E-state index in [-0.39, 0.29) is 0 Å². The zero-order valence-electron chi connectivity index (χ0n) is 8.63. The van der Waals surface area contributed by atoms with E-state index >= 15 is 0 Å². The molecule has 0 saturated heterocycles. The lowest BCUT2D eigenvalue weighted by atomic mass is 9.97. The number of carbonyl (C=O) groups is 1. The van der Waals surface area contributed by atoms with E-state index in [0.717, 1.165) is 34.0 Å². The van der Waals surface area contributed by atoms with Crippen LogP contribution in [0.15, 0.2) is 10.5 Å². The van der Waals surface area contributed by atoms with Gasteiger partial charge in [0.1, 0.15) is 0 Å². The monoisotopic (exact) mass is 284 g/mol. The van der Waals surface area contributed by atoms with Crippen LogP contribution in [0.3, 0.4) is 0 Å². The van der Waals surface area contributed by atoms with Crippen LogP contribution in [0.25, 0.3) is 0 Å². The van der Waals surface area contributed by atoms with E-state index in [1.54, 1.807) is 11.3 Å². The Kier molecular flexibility index (Phi) is 2.29. The van der Waals surface area contributed by atoms with Gasteiger partial charge in [0.25, 0.3) is 0 Å². The summed E-state index contributed by atoms with van der Waals surface area (Å²) in [6, 6.07) is 2.05. The first-order valence-corrected chi connectivity index (χ1v) is 7.06. The maximum atomic E-state index is 12.2. The Morgan fingerprint density at radius 1 is 1.40 bits per heavy atom. The smallest absolute Gasteiger partial charge is 0.177 e. The molecule has 2 saturated carbocycles. The Morgan fingerprint density at radius 2 is 2.07 bits per heavy atom. The second-order valence-electron chi connectivity index (χ2n) is 4.82. The summed E-state index contributed by atoms with van der Waals surface area (Å²) in [5.41, 5.74) is 0. The summed E-state index contributed by atoms with van der Waals surface area (Å²) < 4.78 is 0.996. The number of aryl methyl sites for hydroxylation is 1. The number of hydrogen-bond donors (Lipinski definition) is 0. The van der Waals surface area contributed by atoms with E-state index in [9.17, 15) is 4.79 Å². The van der Waals surface area contributed by atoms with Gasteiger partial charge in [0.15, 0.2) is 5.78 Å². The molecule has 0 aliphatic heterocycles. The zero-order valence-corrected chi connectivity index (χ0v) is 11.0. The SMILES string of the molecule is Cc1cc(Br)c(C(=O)C2CC3CC3C2)s1. The van der Waals surface area contributed by atoms with Crippen LogP contribution >= 0.6 is 27.3 Å². The Labute approximate surface area is 102 Å². The van der Waals surface area contributed by atoms with E-state index in [2.05, 4.69) is 22.9 Å². The average molecular weight is 285 g/mol. The highest BCUT2D eigenvalue weighted by Crippen LogP contribution is 2.55. The number of ketones is 1. The van der Waals surface area contributed by atoms with Crippen molar-refractivity contribution in [1.82, 2.24) is 0 Å². The molecule has 0 aromatic carbocycles. The minimum absolute atomic E-state index is 0.322. The number of fused-ring (bicyclic) bond motifs is 1. The van der Waals surface area contributed by atoms with Crippen molar-refractivity contribution in [3.05, 3.63) is 20.3 Å². The molecule has 0 amide bonds. The summed E-state index contributed by atoms with van der Waals surface area (Å²) >= 11 is 5.11. The molecule has 1 heterocycles. The van der Waals surface area contributed by atoms with E-state index in [4.69, 9.17) is 0 Å². The Balaban J connectivity index is 1.81. The quantitative estimate of drug-likeness (QED) is 0.749. The fourth-order valence-corrected chi connectivity index (χ4v) is 4.62. The number of hydrogen-bond acceptors (Lipinski definition) is 2. The summed E-state index contributed by atoms with van der Waals surface area (Å²) in [7, 11) is 0. The molecule has 0 N–H and O–H groups in total. The maximum absolute atomic E-state index is 12.2. The minimum atomic E-state index is 0.322. The van der Waals surface area contributed by atoms with Gasteiger partial charge in [-0.2, -0.15) is 0 Å². The molecule has 1 nitrogen and oxygen atoms in total. The molecule has 0 bridgehead atoms. The molecule has 0 spiro atoms. The van der Waals surface area contributed by atoms with Gasteiger partial charge in [-0.3, -0.25) is 4.79 Å². The molecule has 0 radical (unpaired) electrons. The van der Waals surface area contributed by atoms with Gasteiger partial charge in [0.05, 0.1) is 4.88 Å². The highest BCUT2D eigenvalue weighted by atomic mass is 79.9. The zero-order chi connectivity index (χ0) is 10.6. The van der Waals surface area contributed by atoms with Gasteiger partial charge in [-0.25, -0.2) is 0 Å². The van der Waals surface area contributed by atoms with Crippen molar-refractivity contribution >= 4 is 33.0 Å². The fourth-order valence-electron chi connectivity index (χ4n) is 2.77. The lowest BCUT2D eigenvalue weighted by molar-refractivity contribution is 0.0918. The van der Waals surface area contributed by atoms with Crippen molar-refractivity contribution in [3.63, 3.8) is 0 Å². The largest absolute Gasteiger partial charge is 0.293 e. The summed E-state index contributed by atoms with van der Waals surface area (Å²) in [6.07, 6.45) is 3.67. The van der Waals surface area contributed by atoms with Crippen molar-refractivity contribution in [2.24, 2.45) is 17.8 Å². The molecule has 3 rings (SSSR count). The third kappa shape index (κ3) is 1.70. The molecule has 2 aliphatic rings. The van der Waals surface area contributed by atoms with Gasteiger partial charge in [-0.05, 0) is 60.0 Å². The van der Waals surface area contributed by atoms with Gasteiger partial charge in [-0.15, -0.1) is 11.3 Å². The molecule has 2 unspecified atom stereocenters. The third-order valence-electron chi connectivity index (χ3n) is 3.65. The van der Waals surface area contributed by atoms with Crippen molar-refractivity contribution < 1.29 is 4.79 Å². The van der Waals surface area contributed by atoms with Crippen LogP contribution in [0.5, 0.6) is 0 Å². The average Bonchev–Trinajstić information content (AvgIpc) is 2.65. The topological polar surface area (TPSA) is 17.1 Å². The highest BCUT2D eigenvalue weighted by molar-refractivity contribution is 9.10. The highest BCUT2D eigenvalue weighted by Gasteiger charge is 2.48. The normalized spacial score (nSPS) is 32.8. The van der Waals surface area contributed by atoms with E-state index in [1.165, 1.54) is 11.3 Å². The predicted molar refractivity (Wildman–Crippen MR) is 65.4 cm³/mol. The summed E-state index contributed by atoms with van der Waals surface area (Å²) in [6.45, 7) is 2.05. The van der Waals surface area contributed by atoms with E-state index in [0.29, 0.717) is 11.7 Å². The number of carbonyl (C=O) groups excluding carboxylic acids is 1. The van der Waals surface area contributed by atoms with Crippen LogP contribution in [-0.2, 0) is 0 Å². The van der Waals surface area contributed by atoms with Crippen molar-refractivity contribution in [1.29, 1.82) is 0 Å². The first-order valence-electron chi connectivity index (χ1n) is 5.45. The Hall–Kier alpha value is -0.150. The minimum Gasteiger partial charge on any atom is -0.293 e. The van der Waals surface area contributed by atoms with Crippen LogP contribution in [0.2, 0.25) is 0 Å². The van der Waals surface area contributed by atoms with Crippen molar-refractivity contribution in [2.75, 3.05) is 0 Å². The van der Waals surface area contributed by atoms with Crippen LogP contribution in [0.1, 0.15) is 33.8 Å². The van der Waals surface area contributed by atoms with Gasteiger partial charge in [0, 0.05) is 15.3 Å². The molecule has 1 aromatic rings. The third-order valence-corrected chi connectivity index (χ3v) is 5.60. The lowest BCUT2D eigenvalue weighted by Gasteiger charge is -2.08. The van der Waals surface area contributed by atoms with Crippen molar-refractivity contribution in [3.8, 4) is 0 Å². The molecular formula is C12H13BrOS. The van der Waals surface area contributed by atoms with Gasteiger partial charge >= 0.3 is 0 Å².